The molecular formula is C25H26ClFN4O2. The SMILES string of the molecule is CN(C)[C@H]1CCN(C(=O)c2ccc(-c3cnc(N)c(OCc4c(F)cccc4Cl)c3)cc2)C1. The number of benzene rings is 2. The maximum absolute atomic E-state index is 14.0. The van der Waals surface area contributed by atoms with Crippen LogP contribution in [0.25, 0.3) is 11.1 Å². The molecule has 0 radical (unpaired) electrons. The molecule has 1 aliphatic heterocycles. The highest BCUT2D eigenvalue weighted by molar-refractivity contribution is 6.31. The molecule has 0 saturated carbocycles. The Hall–Kier alpha value is -3.16. The third-order valence-electron chi connectivity index (χ3n) is 5.96. The Bertz CT molecular complexity index is 1130. The Morgan fingerprint density at radius 1 is 1.24 bits per heavy atom. The number of aromatic nitrogens is 1. The van der Waals surface area contributed by atoms with E-state index >= 15 is 0 Å². The van der Waals surface area contributed by atoms with Crippen LogP contribution in [-0.4, -0.2) is 53.9 Å². The van der Waals surface area contributed by atoms with Gasteiger partial charge < -0.3 is 20.3 Å². The summed E-state index contributed by atoms with van der Waals surface area (Å²) in [5, 5.41) is 0.285. The molecule has 1 atom stereocenters. The molecule has 1 aliphatic rings. The first kappa shape index (κ1) is 23.0. The zero-order valence-electron chi connectivity index (χ0n) is 18.6. The van der Waals surface area contributed by atoms with E-state index in [1.807, 2.05) is 43.3 Å². The molecule has 4 rings (SSSR count). The lowest BCUT2D eigenvalue weighted by Gasteiger charge is -2.20. The van der Waals surface area contributed by atoms with Crippen LogP contribution in [0.3, 0.4) is 0 Å². The molecule has 2 aromatic carbocycles. The summed E-state index contributed by atoms with van der Waals surface area (Å²) in [4.78, 5) is 21.1. The van der Waals surface area contributed by atoms with E-state index in [9.17, 15) is 9.18 Å². The van der Waals surface area contributed by atoms with E-state index in [1.54, 1.807) is 18.3 Å². The number of nitrogens with zero attached hydrogens (tertiary/aromatic N) is 3. The third kappa shape index (κ3) is 5.10. The first-order valence-electron chi connectivity index (χ1n) is 10.7. The number of nitrogen functional groups attached to an aromatic ring is 1. The number of anilines is 1. The zero-order valence-corrected chi connectivity index (χ0v) is 19.3. The minimum absolute atomic E-state index is 0.0344. The van der Waals surface area contributed by atoms with Crippen molar-refractivity contribution in [3.8, 4) is 16.9 Å². The van der Waals surface area contributed by atoms with Crippen molar-refractivity contribution in [2.75, 3.05) is 32.9 Å². The van der Waals surface area contributed by atoms with Gasteiger partial charge >= 0.3 is 0 Å². The van der Waals surface area contributed by atoms with Gasteiger partial charge in [0.05, 0.1) is 5.02 Å². The molecule has 2 heterocycles. The molecule has 3 aromatic rings. The molecule has 1 amide bonds. The van der Waals surface area contributed by atoms with Gasteiger partial charge in [0.2, 0.25) is 0 Å². The van der Waals surface area contributed by atoms with Gasteiger partial charge in [-0.2, -0.15) is 0 Å². The number of halogens is 2. The van der Waals surface area contributed by atoms with Crippen molar-refractivity contribution in [3.63, 3.8) is 0 Å². The molecule has 8 heteroatoms. The minimum Gasteiger partial charge on any atom is -0.485 e. The van der Waals surface area contributed by atoms with Crippen molar-refractivity contribution < 1.29 is 13.9 Å². The molecule has 0 bridgehead atoms. The summed E-state index contributed by atoms with van der Waals surface area (Å²) >= 11 is 6.07. The fourth-order valence-electron chi connectivity index (χ4n) is 3.88. The summed E-state index contributed by atoms with van der Waals surface area (Å²) in [6.45, 7) is 1.43. The van der Waals surface area contributed by atoms with Crippen LogP contribution in [0.1, 0.15) is 22.3 Å². The number of hydrogen-bond acceptors (Lipinski definition) is 5. The highest BCUT2D eigenvalue weighted by atomic mass is 35.5. The summed E-state index contributed by atoms with van der Waals surface area (Å²) in [6.07, 6.45) is 2.62. The summed E-state index contributed by atoms with van der Waals surface area (Å²) in [5.74, 6) is 0.119. The lowest BCUT2D eigenvalue weighted by Crippen LogP contribution is -2.34. The maximum atomic E-state index is 14.0. The number of carbonyl (C=O) groups is 1. The van der Waals surface area contributed by atoms with Crippen molar-refractivity contribution >= 4 is 23.3 Å². The summed E-state index contributed by atoms with van der Waals surface area (Å²) in [7, 11) is 4.08. The first-order valence-corrected chi connectivity index (χ1v) is 11.1. The summed E-state index contributed by atoms with van der Waals surface area (Å²) < 4.78 is 19.8. The van der Waals surface area contributed by atoms with Crippen LogP contribution in [0, 0.1) is 5.82 Å². The highest BCUT2D eigenvalue weighted by Crippen LogP contribution is 2.29. The zero-order chi connectivity index (χ0) is 23.5. The fourth-order valence-corrected chi connectivity index (χ4v) is 4.10. The van der Waals surface area contributed by atoms with Crippen molar-refractivity contribution in [2.45, 2.75) is 19.1 Å². The van der Waals surface area contributed by atoms with Crippen LogP contribution in [-0.2, 0) is 6.61 Å². The van der Waals surface area contributed by atoms with E-state index in [4.69, 9.17) is 22.1 Å². The normalized spacial score (nSPS) is 15.8. The van der Waals surface area contributed by atoms with Crippen molar-refractivity contribution in [1.82, 2.24) is 14.8 Å². The van der Waals surface area contributed by atoms with Gasteiger partial charge in [0.1, 0.15) is 12.4 Å². The Morgan fingerprint density at radius 3 is 2.67 bits per heavy atom. The van der Waals surface area contributed by atoms with E-state index in [1.165, 1.54) is 12.1 Å². The van der Waals surface area contributed by atoms with Gasteiger partial charge in [0.15, 0.2) is 11.6 Å². The van der Waals surface area contributed by atoms with Crippen molar-refractivity contribution in [2.24, 2.45) is 0 Å². The number of amides is 1. The van der Waals surface area contributed by atoms with Gasteiger partial charge in [-0.15, -0.1) is 0 Å². The highest BCUT2D eigenvalue weighted by Gasteiger charge is 2.28. The lowest BCUT2D eigenvalue weighted by atomic mass is 10.0. The molecule has 6 nitrogen and oxygen atoms in total. The van der Waals surface area contributed by atoms with E-state index in [0.29, 0.717) is 17.4 Å². The smallest absolute Gasteiger partial charge is 0.253 e. The predicted molar refractivity (Wildman–Crippen MR) is 128 cm³/mol. The number of rotatable bonds is 6. The standard InChI is InChI=1S/C25H26ClFN4O2/c1-30(2)19-10-11-31(14-19)25(32)17-8-6-16(7-9-17)18-12-23(24(28)29-13-18)33-15-20-21(26)4-3-5-22(20)27/h3-9,12-13,19H,10-11,14-15H2,1-2H3,(H2,28,29)/t19-/m0/s1. The van der Waals surface area contributed by atoms with E-state index < -0.39 is 5.82 Å². The van der Waals surface area contributed by atoms with E-state index in [2.05, 4.69) is 9.88 Å². The Labute approximate surface area is 197 Å². The van der Waals surface area contributed by atoms with Gasteiger partial charge in [0, 0.05) is 42.0 Å². The van der Waals surface area contributed by atoms with Gasteiger partial charge in [-0.3, -0.25) is 4.79 Å². The quantitative estimate of drug-likeness (QED) is 0.577. The molecule has 0 spiro atoms. The molecule has 0 unspecified atom stereocenters. The van der Waals surface area contributed by atoms with E-state index in [0.717, 1.165) is 30.6 Å². The van der Waals surface area contributed by atoms with Crippen LogP contribution >= 0.6 is 11.6 Å². The monoisotopic (exact) mass is 468 g/mol. The maximum Gasteiger partial charge on any atom is 0.253 e. The third-order valence-corrected chi connectivity index (χ3v) is 6.32. The molecule has 1 aromatic heterocycles. The van der Waals surface area contributed by atoms with Gasteiger partial charge in [-0.25, -0.2) is 9.37 Å². The molecule has 33 heavy (non-hydrogen) atoms. The number of likely N-dealkylation sites (tertiary alicyclic amines) is 1. The van der Waals surface area contributed by atoms with E-state index in [-0.39, 0.29) is 28.9 Å². The van der Waals surface area contributed by atoms with Crippen molar-refractivity contribution in [1.29, 1.82) is 0 Å². The Balaban J connectivity index is 1.48. The second kappa shape index (κ2) is 9.77. The number of hydrogen-bond donors (Lipinski definition) is 1. The predicted octanol–water partition coefficient (Wildman–Crippen LogP) is 4.48. The molecular weight excluding hydrogens is 443 g/mol. The first-order chi connectivity index (χ1) is 15.8. The fraction of sp³-hybridized carbons (Fsp3) is 0.280. The van der Waals surface area contributed by atoms with Crippen LogP contribution in [0.4, 0.5) is 10.2 Å². The van der Waals surface area contributed by atoms with Crippen LogP contribution in [0.5, 0.6) is 5.75 Å². The van der Waals surface area contributed by atoms with Crippen LogP contribution in [0.2, 0.25) is 5.02 Å². The number of pyridine rings is 1. The number of nitrogens with two attached hydrogens (primary N) is 1. The minimum atomic E-state index is -0.444. The van der Waals surface area contributed by atoms with Crippen LogP contribution in [0.15, 0.2) is 54.7 Å². The number of ether oxygens (including phenoxy) is 1. The average Bonchev–Trinajstić information content (AvgIpc) is 3.30. The summed E-state index contributed by atoms with van der Waals surface area (Å²) in [5.41, 5.74) is 8.49. The molecule has 2 N–H and O–H groups in total. The van der Waals surface area contributed by atoms with Gasteiger partial charge in [0.25, 0.3) is 5.91 Å². The lowest BCUT2D eigenvalue weighted by molar-refractivity contribution is 0.0783. The molecule has 172 valence electrons. The average molecular weight is 469 g/mol. The Morgan fingerprint density at radius 2 is 2.00 bits per heavy atom. The number of likely N-dealkylation sites (N-methyl/N-ethyl adjacent to an activating group) is 1. The summed E-state index contributed by atoms with van der Waals surface area (Å²) in [6, 6.07) is 14.0. The number of carbonyl (C=O) groups excluding carboxylic acids is 1. The largest absolute Gasteiger partial charge is 0.485 e. The van der Waals surface area contributed by atoms with Crippen molar-refractivity contribution in [3.05, 3.63) is 76.7 Å². The van der Waals surface area contributed by atoms with Gasteiger partial charge in [-0.05, 0) is 56.4 Å². The molecule has 1 fully saturated rings. The topological polar surface area (TPSA) is 71.7 Å². The Kier molecular flexibility index (Phi) is 6.81. The molecule has 1 saturated heterocycles. The second-order valence-electron chi connectivity index (χ2n) is 8.33. The molecule has 0 aliphatic carbocycles. The van der Waals surface area contributed by atoms with Crippen LogP contribution < -0.4 is 10.5 Å². The van der Waals surface area contributed by atoms with Gasteiger partial charge in [-0.1, -0.05) is 29.8 Å². The second-order valence-corrected chi connectivity index (χ2v) is 8.74.